The Hall–Kier alpha value is -0.920. The summed E-state index contributed by atoms with van der Waals surface area (Å²) < 4.78 is 0. The minimum Gasteiger partial charge on any atom is -0.292 e. The molecule has 2 nitrogen and oxygen atoms in total. The summed E-state index contributed by atoms with van der Waals surface area (Å²) in [6.45, 7) is 2.01. The van der Waals surface area contributed by atoms with Gasteiger partial charge in [0.1, 0.15) is 5.70 Å². The summed E-state index contributed by atoms with van der Waals surface area (Å²) in [7, 11) is 0. The van der Waals surface area contributed by atoms with Gasteiger partial charge in [0.25, 0.3) is 0 Å². The number of carbonyl (C=O) groups is 1. The maximum Gasteiger partial charge on any atom is 0.181 e. The minimum atomic E-state index is 0.260. The minimum absolute atomic E-state index is 0.260. The molecule has 0 unspecified atom stereocenters. The number of ketones is 1. The molecule has 0 aromatic carbocycles. The molecule has 0 saturated heterocycles. The highest BCUT2D eigenvalue weighted by Gasteiger charge is 2.22. The van der Waals surface area contributed by atoms with Crippen LogP contribution in [-0.4, -0.2) is 11.5 Å². The normalized spacial score (nSPS) is 23.8. The summed E-state index contributed by atoms with van der Waals surface area (Å²) in [5, 5.41) is 0. The summed E-state index contributed by atoms with van der Waals surface area (Å²) in [4.78, 5) is 15.7. The van der Waals surface area contributed by atoms with Crippen LogP contribution < -0.4 is 0 Å². The molecule has 2 aliphatic rings. The van der Waals surface area contributed by atoms with E-state index in [4.69, 9.17) is 0 Å². The van der Waals surface area contributed by atoms with E-state index in [2.05, 4.69) is 4.99 Å². The molecule has 0 spiro atoms. The van der Waals surface area contributed by atoms with Gasteiger partial charge in [-0.3, -0.25) is 9.79 Å². The molecule has 1 aliphatic carbocycles. The largest absolute Gasteiger partial charge is 0.292 e. The van der Waals surface area contributed by atoms with Crippen LogP contribution in [0.15, 0.2) is 16.3 Å². The third kappa shape index (κ3) is 1.22. The zero-order chi connectivity index (χ0) is 8.55. The monoisotopic (exact) mass is 163 g/mol. The Morgan fingerprint density at radius 3 is 2.83 bits per heavy atom. The molecule has 0 aromatic rings. The third-order valence-electron chi connectivity index (χ3n) is 2.57. The summed E-state index contributed by atoms with van der Waals surface area (Å²) >= 11 is 0. The van der Waals surface area contributed by atoms with Crippen LogP contribution in [0.4, 0.5) is 0 Å². The van der Waals surface area contributed by atoms with Crippen molar-refractivity contribution in [1.29, 1.82) is 0 Å². The number of hydrogen-bond acceptors (Lipinski definition) is 2. The molecule has 1 aliphatic heterocycles. The van der Waals surface area contributed by atoms with E-state index in [1.165, 1.54) is 5.57 Å². The molecule has 0 N–H and O–H groups in total. The molecule has 0 saturated carbocycles. The molecular weight excluding hydrogens is 150 g/mol. The predicted octanol–water partition coefficient (Wildman–Crippen LogP) is 2.25. The van der Waals surface area contributed by atoms with E-state index in [9.17, 15) is 4.79 Å². The summed E-state index contributed by atoms with van der Waals surface area (Å²) in [6.07, 6.45) is 4.95. The topological polar surface area (TPSA) is 29.4 Å². The number of rotatable bonds is 0. The second-order valence-electron chi connectivity index (χ2n) is 3.58. The van der Waals surface area contributed by atoms with Crippen molar-refractivity contribution in [2.75, 3.05) is 0 Å². The van der Waals surface area contributed by atoms with Gasteiger partial charge in [-0.15, -0.1) is 0 Å². The number of aliphatic imine (C=N–C) groups is 1. The maximum absolute atomic E-state index is 11.4. The molecule has 0 atom stereocenters. The fourth-order valence-corrected chi connectivity index (χ4v) is 1.86. The predicted molar refractivity (Wildman–Crippen MR) is 48.2 cm³/mol. The third-order valence-corrected chi connectivity index (χ3v) is 2.57. The van der Waals surface area contributed by atoms with Crippen molar-refractivity contribution < 1.29 is 4.79 Å². The summed E-state index contributed by atoms with van der Waals surface area (Å²) in [6, 6.07) is 0. The molecule has 0 radical (unpaired) electrons. The molecule has 1 heterocycles. The van der Waals surface area contributed by atoms with Gasteiger partial charge in [-0.1, -0.05) is 0 Å². The number of Topliss-reactive ketones (excluding diaryl/α,β-unsaturated/α-hetero) is 1. The number of hydrogen-bond donors (Lipinski definition) is 0. The van der Waals surface area contributed by atoms with E-state index < -0.39 is 0 Å². The van der Waals surface area contributed by atoms with Crippen molar-refractivity contribution in [2.45, 2.75) is 39.0 Å². The van der Waals surface area contributed by atoms with Gasteiger partial charge >= 0.3 is 0 Å². The van der Waals surface area contributed by atoms with Crippen LogP contribution in [0.2, 0.25) is 0 Å². The van der Waals surface area contributed by atoms with Crippen LogP contribution >= 0.6 is 0 Å². The molecule has 0 fully saturated rings. The first-order chi connectivity index (χ1) is 5.77. The Bertz CT molecular complexity index is 286. The summed E-state index contributed by atoms with van der Waals surface area (Å²) in [5.74, 6) is 0.260. The van der Waals surface area contributed by atoms with Gasteiger partial charge in [0.05, 0.1) is 0 Å². The Kier molecular flexibility index (Phi) is 1.83. The molecular formula is C10H13NO. The van der Waals surface area contributed by atoms with Crippen LogP contribution in [0.3, 0.4) is 0 Å². The van der Waals surface area contributed by atoms with Gasteiger partial charge in [-0.2, -0.15) is 0 Å². The van der Waals surface area contributed by atoms with Crippen molar-refractivity contribution >= 4 is 11.5 Å². The van der Waals surface area contributed by atoms with Crippen LogP contribution in [0.1, 0.15) is 39.0 Å². The van der Waals surface area contributed by atoms with Crippen LogP contribution in [-0.2, 0) is 4.79 Å². The van der Waals surface area contributed by atoms with Crippen molar-refractivity contribution in [2.24, 2.45) is 4.99 Å². The van der Waals surface area contributed by atoms with Crippen LogP contribution in [0.5, 0.6) is 0 Å². The maximum atomic E-state index is 11.4. The van der Waals surface area contributed by atoms with Crippen molar-refractivity contribution in [3.8, 4) is 0 Å². The standard InChI is InChI=1S/C10H13NO/c1-7-5-6-8-3-2-4-9(12)10(8)11-7/h2-6H2,1H3. The molecule has 0 amide bonds. The van der Waals surface area contributed by atoms with Crippen molar-refractivity contribution in [1.82, 2.24) is 0 Å². The fourth-order valence-electron chi connectivity index (χ4n) is 1.86. The van der Waals surface area contributed by atoms with Gasteiger partial charge in [-0.25, -0.2) is 0 Å². The van der Waals surface area contributed by atoms with Gasteiger partial charge in [-0.05, 0) is 38.2 Å². The Labute approximate surface area is 72.4 Å². The molecule has 12 heavy (non-hydrogen) atoms. The van der Waals surface area contributed by atoms with E-state index >= 15 is 0 Å². The highest BCUT2D eigenvalue weighted by Crippen LogP contribution is 2.29. The van der Waals surface area contributed by atoms with Gasteiger partial charge in [0.15, 0.2) is 5.78 Å². The average molecular weight is 163 g/mol. The lowest BCUT2D eigenvalue weighted by molar-refractivity contribution is -0.116. The first-order valence-corrected chi connectivity index (χ1v) is 4.57. The second kappa shape index (κ2) is 2.85. The Morgan fingerprint density at radius 2 is 2.00 bits per heavy atom. The van der Waals surface area contributed by atoms with Crippen LogP contribution in [0, 0.1) is 0 Å². The first kappa shape index (κ1) is 7.71. The van der Waals surface area contributed by atoms with E-state index in [-0.39, 0.29) is 5.78 Å². The quantitative estimate of drug-likeness (QED) is 0.538. The Morgan fingerprint density at radius 1 is 1.17 bits per heavy atom. The first-order valence-electron chi connectivity index (χ1n) is 4.57. The highest BCUT2D eigenvalue weighted by molar-refractivity contribution is 6.00. The molecule has 64 valence electrons. The van der Waals surface area contributed by atoms with Gasteiger partial charge < -0.3 is 0 Å². The lowest BCUT2D eigenvalue weighted by atomic mass is 9.90. The van der Waals surface area contributed by atoms with Crippen LogP contribution in [0.25, 0.3) is 0 Å². The number of carbonyl (C=O) groups excluding carboxylic acids is 1. The number of nitrogens with zero attached hydrogens (tertiary/aromatic N) is 1. The second-order valence-corrected chi connectivity index (χ2v) is 3.58. The van der Waals surface area contributed by atoms with Crippen molar-refractivity contribution in [3.05, 3.63) is 11.3 Å². The molecule has 2 rings (SSSR count). The summed E-state index contributed by atoms with van der Waals surface area (Å²) in [5.41, 5.74) is 3.21. The molecule has 0 aromatic heterocycles. The lowest BCUT2D eigenvalue weighted by Gasteiger charge is -2.20. The van der Waals surface area contributed by atoms with E-state index in [1.807, 2.05) is 6.92 Å². The lowest BCUT2D eigenvalue weighted by Crippen LogP contribution is -2.15. The Balaban J connectivity index is 2.37. The van der Waals surface area contributed by atoms with E-state index in [1.54, 1.807) is 0 Å². The van der Waals surface area contributed by atoms with Gasteiger partial charge in [0.2, 0.25) is 0 Å². The molecule has 0 bridgehead atoms. The smallest absolute Gasteiger partial charge is 0.181 e. The van der Waals surface area contributed by atoms with E-state index in [0.29, 0.717) is 6.42 Å². The zero-order valence-corrected chi connectivity index (χ0v) is 7.39. The SMILES string of the molecule is CC1=NC2=C(CCCC2=O)CC1. The average Bonchev–Trinajstić information content (AvgIpc) is 2.07. The van der Waals surface area contributed by atoms with E-state index in [0.717, 1.165) is 37.1 Å². The van der Waals surface area contributed by atoms with Crippen molar-refractivity contribution in [3.63, 3.8) is 0 Å². The highest BCUT2D eigenvalue weighted by atomic mass is 16.1. The number of allylic oxidation sites excluding steroid dienone is 2. The molecule has 2 heteroatoms. The zero-order valence-electron chi connectivity index (χ0n) is 7.39. The fraction of sp³-hybridized carbons (Fsp3) is 0.600. The van der Waals surface area contributed by atoms with Gasteiger partial charge in [0, 0.05) is 12.1 Å².